The van der Waals surface area contributed by atoms with Crippen LogP contribution >= 0.6 is 0 Å². The van der Waals surface area contributed by atoms with Gasteiger partial charge in [-0.3, -0.25) is 4.79 Å². The number of aromatic nitrogens is 1. The number of methoxy groups -OCH3 is 1. The molecular weight excluding hydrogens is 306 g/mol. The lowest BCUT2D eigenvalue weighted by Gasteiger charge is -2.37. The number of amides is 1. The number of likely N-dealkylation sites (tertiary alicyclic amines) is 1. The first-order valence-corrected chi connectivity index (χ1v) is 9.06. The second kappa shape index (κ2) is 7.66. The lowest BCUT2D eigenvalue weighted by atomic mass is 9.85. The molecule has 0 aromatic carbocycles. The van der Waals surface area contributed by atoms with E-state index in [1.165, 1.54) is 6.42 Å². The number of hydrogen-bond donors (Lipinski definition) is 0. The highest BCUT2D eigenvalue weighted by molar-refractivity contribution is 5.93. The Hall–Kier alpha value is -1.40. The van der Waals surface area contributed by atoms with Gasteiger partial charge in [-0.2, -0.15) is 0 Å². The molecule has 0 unspecified atom stereocenters. The monoisotopic (exact) mass is 335 g/mol. The normalized spacial score (nSPS) is 20.1. The SMILES string of the molecule is COCCN(C(=O)c1nc(C2CCC2)oc1C)C1CCN(C)CC1. The van der Waals surface area contributed by atoms with Crippen LogP contribution in [0.4, 0.5) is 0 Å². The minimum atomic E-state index is -0.00609. The van der Waals surface area contributed by atoms with Crippen LogP contribution < -0.4 is 0 Å². The zero-order chi connectivity index (χ0) is 17.1. The molecule has 3 rings (SSSR count). The van der Waals surface area contributed by atoms with Gasteiger partial charge < -0.3 is 19.0 Å². The first kappa shape index (κ1) is 17.4. The minimum absolute atomic E-state index is 0.00609. The fourth-order valence-electron chi connectivity index (χ4n) is 3.53. The molecule has 2 fully saturated rings. The van der Waals surface area contributed by atoms with Crippen LogP contribution in [-0.2, 0) is 4.74 Å². The highest BCUT2D eigenvalue weighted by Gasteiger charge is 2.32. The van der Waals surface area contributed by atoms with Gasteiger partial charge in [0.1, 0.15) is 5.76 Å². The molecule has 2 aliphatic rings. The molecule has 0 bridgehead atoms. The van der Waals surface area contributed by atoms with Crippen LogP contribution in [0, 0.1) is 6.92 Å². The van der Waals surface area contributed by atoms with Gasteiger partial charge in [0.2, 0.25) is 0 Å². The van der Waals surface area contributed by atoms with Gasteiger partial charge in [-0.1, -0.05) is 6.42 Å². The summed E-state index contributed by atoms with van der Waals surface area (Å²) in [5, 5.41) is 0. The summed E-state index contributed by atoms with van der Waals surface area (Å²) in [5.41, 5.74) is 0.493. The zero-order valence-corrected chi connectivity index (χ0v) is 15.1. The molecule has 24 heavy (non-hydrogen) atoms. The highest BCUT2D eigenvalue weighted by atomic mass is 16.5. The molecule has 1 amide bonds. The molecule has 1 saturated heterocycles. The van der Waals surface area contributed by atoms with Crippen molar-refractivity contribution in [2.75, 3.05) is 40.4 Å². The van der Waals surface area contributed by atoms with E-state index < -0.39 is 0 Å². The predicted molar refractivity (Wildman–Crippen MR) is 91.3 cm³/mol. The lowest BCUT2D eigenvalue weighted by molar-refractivity contribution is 0.0498. The van der Waals surface area contributed by atoms with Crippen LogP contribution in [0.15, 0.2) is 4.42 Å². The third-order valence-corrected chi connectivity index (χ3v) is 5.40. The zero-order valence-electron chi connectivity index (χ0n) is 15.1. The summed E-state index contributed by atoms with van der Waals surface area (Å²) in [4.78, 5) is 22.0. The Morgan fingerprint density at radius 2 is 2.04 bits per heavy atom. The number of ether oxygens (including phenoxy) is 1. The van der Waals surface area contributed by atoms with E-state index in [9.17, 15) is 4.79 Å². The number of piperidine rings is 1. The minimum Gasteiger partial charge on any atom is -0.445 e. The van der Waals surface area contributed by atoms with E-state index in [-0.39, 0.29) is 11.9 Å². The Morgan fingerprint density at radius 3 is 2.62 bits per heavy atom. The molecule has 0 N–H and O–H groups in total. The summed E-state index contributed by atoms with van der Waals surface area (Å²) < 4.78 is 11.0. The second-order valence-corrected chi connectivity index (χ2v) is 7.11. The quantitative estimate of drug-likeness (QED) is 0.799. The highest BCUT2D eigenvalue weighted by Crippen LogP contribution is 2.36. The third kappa shape index (κ3) is 3.64. The van der Waals surface area contributed by atoms with Crippen molar-refractivity contribution < 1.29 is 13.9 Å². The average Bonchev–Trinajstić information content (AvgIpc) is 2.88. The number of hydrogen-bond acceptors (Lipinski definition) is 5. The summed E-state index contributed by atoms with van der Waals surface area (Å²) in [6.07, 6.45) is 5.47. The Kier molecular flexibility index (Phi) is 5.56. The van der Waals surface area contributed by atoms with Gasteiger partial charge in [-0.15, -0.1) is 0 Å². The van der Waals surface area contributed by atoms with E-state index in [2.05, 4.69) is 16.9 Å². The molecule has 6 nitrogen and oxygen atoms in total. The van der Waals surface area contributed by atoms with E-state index in [1.807, 2.05) is 11.8 Å². The van der Waals surface area contributed by atoms with Crippen molar-refractivity contribution >= 4 is 5.91 Å². The van der Waals surface area contributed by atoms with Gasteiger partial charge in [0, 0.05) is 25.6 Å². The van der Waals surface area contributed by atoms with Crippen molar-refractivity contribution in [3.8, 4) is 0 Å². The summed E-state index contributed by atoms with van der Waals surface area (Å²) >= 11 is 0. The molecule has 1 aliphatic heterocycles. The second-order valence-electron chi connectivity index (χ2n) is 7.11. The van der Waals surface area contributed by atoms with Crippen molar-refractivity contribution in [1.82, 2.24) is 14.8 Å². The predicted octanol–water partition coefficient (Wildman–Crippen LogP) is 2.43. The largest absolute Gasteiger partial charge is 0.445 e. The molecular formula is C18H29N3O3. The van der Waals surface area contributed by atoms with E-state index >= 15 is 0 Å². The van der Waals surface area contributed by atoms with Crippen LogP contribution in [0.3, 0.4) is 0 Å². The molecule has 0 radical (unpaired) electrons. The van der Waals surface area contributed by atoms with Crippen molar-refractivity contribution in [2.24, 2.45) is 0 Å². The molecule has 1 aromatic rings. The maximum Gasteiger partial charge on any atom is 0.276 e. The van der Waals surface area contributed by atoms with Gasteiger partial charge >= 0.3 is 0 Å². The molecule has 134 valence electrons. The fourth-order valence-corrected chi connectivity index (χ4v) is 3.53. The standard InChI is InChI=1S/C18H29N3O3/c1-13-16(19-17(24-13)14-5-4-6-14)18(22)21(11-12-23-3)15-7-9-20(2)10-8-15/h14-15H,4-12H2,1-3H3. The van der Waals surface area contributed by atoms with Gasteiger partial charge in [0.05, 0.1) is 6.61 Å². The van der Waals surface area contributed by atoms with Crippen LogP contribution in [0.25, 0.3) is 0 Å². The van der Waals surface area contributed by atoms with Gasteiger partial charge in [-0.05, 0) is 52.7 Å². The summed E-state index contributed by atoms with van der Waals surface area (Å²) in [6.45, 7) is 5.05. The van der Waals surface area contributed by atoms with Gasteiger partial charge in [-0.25, -0.2) is 4.98 Å². The lowest BCUT2D eigenvalue weighted by Crippen LogP contribution is -2.48. The molecule has 0 atom stereocenters. The Morgan fingerprint density at radius 1 is 1.33 bits per heavy atom. The van der Waals surface area contributed by atoms with Crippen molar-refractivity contribution in [3.05, 3.63) is 17.3 Å². The van der Waals surface area contributed by atoms with Gasteiger partial charge in [0.25, 0.3) is 5.91 Å². The Balaban J connectivity index is 1.76. The first-order valence-electron chi connectivity index (χ1n) is 9.06. The topological polar surface area (TPSA) is 58.8 Å². The van der Waals surface area contributed by atoms with Crippen molar-refractivity contribution in [3.63, 3.8) is 0 Å². The first-order chi connectivity index (χ1) is 11.6. The molecule has 0 spiro atoms. The molecule has 1 aliphatic carbocycles. The van der Waals surface area contributed by atoms with Crippen LogP contribution in [0.5, 0.6) is 0 Å². The number of oxazole rings is 1. The molecule has 6 heteroatoms. The number of aryl methyl sites for hydroxylation is 1. The summed E-state index contributed by atoms with van der Waals surface area (Å²) in [6, 6.07) is 0.257. The van der Waals surface area contributed by atoms with Crippen molar-refractivity contribution in [2.45, 2.75) is 51.0 Å². The average molecular weight is 335 g/mol. The van der Waals surface area contributed by atoms with Gasteiger partial charge in [0.15, 0.2) is 11.6 Å². The smallest absolute Gasteiger partial charge is 0.276 e. The van der Waals surface area contributed by atoms with E-state index in [1.54, 1.807) is 7.11 Å². The van der Waals surface area contributed by atoms with Crippen LogP contribution in [0.2, 0.25) is 0 Å². The van der Waals surface area contributed by atoms with E-state index in [0.717, 1.165) is 44.7 Å². The fraction of sp³-hybridized carbons (Fsp3) is 0.778. The molecule has 1 saturated carbocycles. The summed E-state index contributed by atoms with van der Waals surface area (Å²) in [7, 11) is 3.80. The summed E-state index contributed by atoms with van der Waals surface area (Å²) in [5.74, 6) is 1.80. The van der Waals surface area contributed by atoms with Crippen LogP contribution in [0.1, 0.15) is 60.2 Å². The Bertz CT molecular complexity index is 560. The third-order valence-electron chi connectivity index (χ3n) is 5.40. The Labute approximate surface area is 144 Å². The number of carbonyl (C=O) groups excluding carboxylic acids is 1. The maximum absolute atomic E-state index is 13.1. The number of carbonyl (C=O) groups is 1. The number of rotatable bonds is 6. The van der Waals surface area contributed by atoms with Crippen molar-refractivity contribution in [1.29, 1.82) is 0 Å². The van der Waals surface area contributed by atoms with Crippen LogP contribution in [-0.4, -0.2) is 67.1 Å². The molecule has 1 aromatic heterocycles. The van der Waals surface area contributed by atoms with E-state index in [4.69, 9.17) is 9.15 Å². The molecule has 2 heterocycles. The van der Waals surface area contributed by atoms with E-state index in [0.29, 0.717) is 30.5 Å². The number of nitrogens with zero attached hydrogens (tertiary/aromatic N) is 3. The maximum atomic E-state index is 13.1.